The Morgan fingerprint density at radius 1 is 1.90 bits per heavy atom. The Labute approximate surface area is 58.2 Å². The van der Waals surface area contributed by atoms with Gasteiger partial charge in [-0.05, 0) is 6.42 Å². The third kappa shape index (κ3) is 2.29. The van der Waals surface area contributed by atoms with Crippen LogP contribution in [0, 0.1) is 15.5 Å². The Morgan fingerprint density at radius 2 is 2.40 bits per heavy atom. The predicted octanol–water partition coefficient (Wildman–Crippen LogP) is -0.216. The monoisotopic (exact) mass is 146 g/mol. The molecule has 0 aromatic heterocycles. The van der Waals surface area contributed by atoms with Crippen molar-refractivity contribution in [3.05, 3.63) is 10.1 Å². The van der Waals surface area contributed by atoms with Crippen LogP contribution in [-0.2, 0) is 0 Å². The minimum Gasteiger partial charge on any atom is -0.365 e. The Kier molecular flexibility index (Phi) is 3.16. The van der Waals surface area contributed by atoms with E-state index in [-0.39, 0.29) is 6.54 Å². The van der Waals surface area contributed by atoms with E-state index in [0.29, 0.717) is 11.4 Å². The Balaban J connectivity index is 3.98. The average Bonchev–Trinajstić information content (AvgIpc) is 1.81. The molecule has 0 aliphatic carbocycles. The van der Waals surface area contributed by atoms with Crippen LogP contribution in [0.15, 0.2) is 0 Å². The predicted molar refractivity (Wildman–Crippen MR) is 35.9 cm³/mol. The smallest absolute Gasteiger partial charge is 0.251 e. The summed E-state index contributed by atoms with van der Waals surface area (Å²) in [6.07, 6.45) is 0.598. The van der Waals surface area contributed by atoms with Crippen molar-refractivity contribution in [3.63, 3.8) is 0 Å². The van der Waals surface area contributed by atoms with Crippen molar-refractivity contribution in [2.24, 2.45) is 5.73 Å². The summed E-state index contributed by atoms with van der Waals surface area (Å²) >= 11 is 0. The quantitative estimate of drug-likeness (QED) is 0.249. The van der Waals surface area contributed by atoms with Gasteiger partial charge in [0.2, 0.25) is 0 Å². The number of nitro groups is 1. The number of hydrazine groups is 1. The van der Waals surface area contributed by atoms with E-state index in [1.807, 2.05) is 0 Å². The molecular formula is C4H10N4O2. The topological polar surface area (TPSA) is 96.2 Å². The number of rotatable bonds is 3. The zero-order chi connectivity index (χ0) is 8.15. The molecule has 0 amide bonds. The van der Waals surface area contributed by atoms with E-state index in [0.717, 1.165) is 0 Å². The molecule has 6 heteroatoms. The maximum atomic E-state index is 10.0. The van der Waals surface area contributed by atoms with Crippen molar-refractivity contribution >= 4 is 5.96 Å². The summed E-state index contributed by atoms with van der Waals surface area (Å²) < 4.78 is 0. The first kappa shape index (κ1) is 8.67. The highest BCUT2D eigenvalue weighted by molar-refractivity contribution is 5.73. The van der Waals surface area contributed by atoms with Gasteiger partial charge in [-0.25, -0.2) is 10.1 Å². The number of nitrogens with zero attached hydrogens (tertiary/aromatic N) is 2. The molecule has 6 nitrogen and oxygen atoms in total. The van der Waals surface area contributed by atoms with Crippen LogP contribution in [0.4, 0.5) is 0 Å². The summed E-state index contributed by atoms with van der Waals surface area (Å²) in [5.74, 6) is -0.521. The molecule has 0 bridgehead atoms. The normalized spacial score (nSPS) is 8.90. The van der Waals surface area contributed by atoms with E-state index in [1.165, 1.54) is 0 Å². The van der Waals surface area contributed by atoms with Gasteiger partial charge in [0.05, 0.1) is 6.54 Å². The summed E-state index contributed by atoms with van der Waals surface area (Å²) in [5, 5.41) is 16.7. The molecule has 0 radical (unpaired) electrons. The molecule has 0 saturated carbocycles. The van der Waals surface area contributed by atoms with Crippen molar-refractivity contribution < 1.29 is 5.03 Å². The Morgan fingerprint density at radius 3 is 2.50 bits per heavy atom. The van der Waals surface area contributed by atoms with Gasteiger partial charge in [0.25, 0.3) is 5.96 Å². The number of nitrogens with one attached hydrogen (secondary N) is 1. The van der Waals surface area contributed by atoms with E-state index in [2.05, 4.69) is 0 Å². The van der Waals surface area contributed by atoms with Crippen LogP contribution in [0.3, 0.4) is 0 Å². The lowest BCUT2D eigenvalue weighted by atomic mass is 10.5. The fourth-order valence-corrected chi connectivity index (χ4v) is 0.502. The van der Waals surface area contributed by atoms with Gasteiger partial charge in [0.15, 0.2) is 5.03 Å². The molecule has 0 rings (SSSR count). The maximum absolute atomic E-state index is 10.0. The standard InChI is InChI=1S/C4H10N4O2/c1-2-3-7(4(5)6)8(9)10/h2-3H2,1H3,(H3,5,6). The maximum Gasteiger partial charge on any atom is 0.251 e. The zero-order valence-corrected chi connectivity index (χ0v) is 5.70. The van der Waals surface area contributed by atoms with E-state index in [4.69, 9.17) is 11.1 Å². The lowest BCUT2D eigenvalue weighted by Crippen LogP contribution is -2.41. The van der Waals surface area contributed by atoms with Crippen LogP contribution in [-0.4, -0.2) is 22.5 Å². The number of guanidine groups is 1. The lowest BCUT2D eigenvalue weighted by Gasteiger charge is -2.08. The van der Waals surface area contributed by atoms with Gasteiger partial charge in [-0.3, -0.25) is 5.41 Å². The molecule has 0 atom stereocenters. The summed E-state index contributed by atoms with van der Waals surface area (Å²) in [6.45, 7) is 1.96. The van der Waals surface area contributed by atoms with Gasteiger partial charge in [-0.1, -0.05) is 11.9 Å². The van der Waals surface area contributed by atoms with Crippen molar-refractivity contribution in [2.75, 3.05) is 6.54 Å². The van der Waals surface area contributed by atoms with Crippen LogP contribution in [0.2, 0.25) is 0 Å². The van der Waals surface area contributed by atoms with E-state index < -0.39 is 11.0 Å². The fraction of sp³-hybridized carbons (Fsp3) is 0.750. The van der Waals surface area contributed by atoms with Crippen LogP contribution < -0.4 is 5.73 Å². The first-order chi connectivity index (χ1) is 4.59. The van der Waals surface area contributed by atoms with E-state index in [1.54, 1.807) is 6.92 Å². The first-order valence-corrected chi connectivity index (χ1v) is 2.85. The molecule has 0 unspecified atom stereocenters. The average molecular weight is 146 g/mol. The fourth-order valence-electron chi connectivity index (χ4n) is 0.502. The van der Waals surface area contributed by atoms with Gasteiger partial charge >= 0.3 is 0 Å². The minimum atomic E-state index is -0.689. The molecule has 0 aromatic carbocycles. The second-order valence-corrected chi connectivity index (χ2v) is 1.75. The van der Waals surface area contributed by atoms with E-state index in [9.17, 15) is 10.1 Å². The highest BCUT2D eigenvalue weighted by Gasteiger charge is 2.15. The van der Waals surface area contributed by atoms with Crippen LogP contribution in [0.25, 0.3) is 0 Å². The Bertz CT molecular complexity index is 132. The summed E-state index contributed by atoms with van der Waals surface area (Å²) in [7, 11) is 0. The molecule has 0 aliphatic heterocycles. The molecule has 58 valence electrons. The highest BCUT2D eigenvalue weighted by Crippen LogP contribution is 1.88. The van der Waals surface area contributed by atoms with Gasteiger partial charge in [0, 0.05) is 0 Å². The molecule has 0 heterocycles. The largest absolute Gasteiger partial charge is 0.365 e. The number of hydrogen-bond donors (Lipinski definition) is 2. The van der Waals surface area contributed by atoms with Crippen molar-refractivity contribution in [1.82, 2.24) is 5.01 Å². The van der Waals surface area contributed by atoms with Crippen molar-refractivity contribution in [3.8, 4) is 0 Å². The first-order valence-electron chi connectivity index (χ1n) is 2.85. The summed E-state index contributed by atoms with van der Waals surface area (Å²) in [6, 6.07) is 0. The molecule has 0 aliphatic rings. The van der Waals surface area contributed by atoms with Crippen LogP contribution in [0.5, 0.6) is 0 Å². The van der Waals surface area contributed by atoms with Crippen molar-refractivity contribution in [2.45, 2.75) is 13.3 Å². The summed E-state index contributed by atoms with van der Waals surface area (Å²) in [5.41, 5.74) is 4.89. The third-order valence-corrected chi connectivity index (χ3v) is 0.911. The lowest BCUT2D eigenvalue weighted by molar-refractivity contribution is -0.629. The zero-order valence-electron chi connectivity index (χ0n) is 5.70. The SMILES string of the molecule is CCCN(C(=N)N)[N+](=O)[O-]. The number of nitrogens with two attached hydrogens (primary N) is 1. The van der Waals surface area contributed by atoms with Gasteiger partial charge < -0.3 is 5.73 Å². The molecule has 3 N–H and O–H groups in total. The third-order valence-electron chi connectivity index (χ3n) is 0.911. The molecular weight excluding hydrogens is 136 g/mol. The molecule has 0 fully saturated rings. The highest BCUT2D eigenvalue weighted by atomic mass is 16.7. The second kappa shape index (κ2) is 3.65. The molecule has 0 spiro atoms. The van der Waals surface area contributed by atoms with Crippen LogP contribution >= 0.6 is 0 Å². The Hall–Kier alpha value is -1.33. The van der Waals surface area contributed by atoms with Crippen molar-refractivity contribution in [1.29, 1.82) is 5.41 Å². The molecule has 0 aromatic rings. The van der Waals surface area contributed by atoms with E-state index >= 15 is 0 Å². The summed E-state index contributed by atoms with van der Waals surface area (Å²) in [4.78, 5) is 10.0. The second-order valence-electron chi connectivity index (χ2n) is 1.75. The van der Waals surface area contributed by atoms with Gasteiger partial charge in [-0.15, -0.1) is 0 Å². The van der Waals surface area contributed by atoms with Gasteiger partial charge in [0.1, 0.15) is 0 Å². The minimum absolute atomic E-state index is 0.183. The molecule has 0 saturated heterocycles. The van der Waals surface area contributed by atoms with Crippen LogP contribution in [0.1, 0.15) is 13.3 Å². The molecule has 10 heavy (non-hydrogen) atoms. The van der Waals surface area contributed by atoms with Gasteiger partial charge in [-0.2, -0.15) is 0 Å². The number of hydrogen-bond acceptors (Lipinski definition) is 3.